The average molecular weight is 296 g/mol. The van der Waals surface area contributed by atoms with Gasteiger partial charge in [0.05, 0.1) is 22.7 Å². The van der Waals surface area contributed by atoms with Crippen molar-refractivity contribution in [2.24, 2.45) is 0 Å². The molecule has 0 amide bonds. The van der Waals surface area contributed by atoms with Gasteiger partial charge in [0, 0.05) is 12.1 Å². The van der Waals surface area contributed by atoms with E-state index in [0.29, 0.717) is 24.2 Å². The Kier molecular flexibility index (Phi) is 4.36. The van der Waals surface area contributed by atoms with Crippen LogP contribution in [0.3, 0.4) is 0 Å². The average Bonchev–Trinajstić information content (AvgIpc) is 2.84. The molecule has 0 radical (unpaired) electrons. The first-order valence-corrected chi connectivity index (χ1v) is 6.48. The highest BCUT2D eigenvalue weighted by Gasteiger charge is 2.21. The van der Waals surface area contributed by atoms with E-state index in [-0.39, 0.29) is 16.3 Å². The molecule has 0 saturated carbocycles. The van der Waals surface area contributed by atoms with E-state index in [2.05, 4.69) is 10.3 Å². The lowest BCUT2D eigenvalue weighted by Gasteiger charge is -2.04. The van der Waals surface area contributed by atoms with E-state index < -0.39 is 4.92 Å². The van der Waals surface area contributed by atoms with Crippen molar-refractivity contribution in [1.82, 2.24) is 10.3 Å². The third-order valence-corrected chi connectivity index (χ3v) is 2.96. The van der Waals surface area contributed by atoms with Gasteiger partial charge >= 0.3 is 0 Å². The normalized spacial score (nSPS) is 11.0. The van der Waals surface area contributed by atoms with E-state index in [1.807, 2.05) is 13.8 Å². The van der Waals surface area contributed by atoms with Gasteiger partial charge in [0.2, 0.25) is 5.89 Å². The van der Waals surface area contributed by atoms with Gasteiger partial charge < -0.3 is 9.73 Å². The third kappa shape index (κ3) is 3.15. The molecule has 6 nitrogen and oxygen atoms in total. The largest absolute Gasteiger partial charge is 0.439 e. The molecule has 0 aliphatic carbocycles. The first-order valence-electron chi connectivity index (χ1n) is 6.10. The Morgan fingerprint density at radius 2 is 2.25 bits per heavy atom. The lowest BCUT2D eigenvalue weighted by molar-refractivity contribution is -0.384. The van der Waals surface area contributed by atoms with Crippen LogP contribution >= 0.6 is 11.6 Å². The number of nitrogens with zero attached hydrogens (tertiary/aromatic N) is 2. The molecule has 1 aromatic heterocycles. The summed E-state index contributed by atoms with van der Waals surface area (Å²) < 4.78 is 5.53. The van der Waals surface area contributed by atoms with Crippen LogP contribution in [0, 0.1) is 10.1 Å². The second-order valence-electron chi connectivity index (χ2n) is 4.54. The first-order chi connectivity index (χ1) is 9.49. The van der Waals surface area contributed by atoms with Crippen LogP contribution < -0.4 is 5.32 Å². The molecule has 0 aliphatic heterocycles. The Morgan fingerprint density at radius 3 is 2.90 bits per heavy atom. The summed E-state index contributed by atoms with van der Waals surface area (Å²) in [5.41, 5.74) is 0.152. The van der Waals surface area contributed by atoms with Crippen molar-refractivity contribution in [2.45, 2.75) is 26.4 Å². The zero-order chi connectivity index (χ0) is 14.7. The van der Waals surface area contributed by atoms with E-state index in [1.165, 1.54) is 18.3 Å². The summed E-state index contributed by atoms with van der Waals surface area (Å²) in [4.78, 5) is 14.6. The smallest absolute Gasteiger partial charge is 0.281 e. The summed E-state index contributed by atoms with van der Waals surface area (Å²) in [6, 6.07) is 4.79. The summed E-state index contributed by atoms with van der Waals surface area (Å²) in [5.74, 6) is 0.755. The van der Waals surface area contributed by atoms with Crippen molar-refractivity contribution < 1.29 is 9.34 Å². The Balaban J connectivity index is 2.35. The van der Waals surface area contributed by atoms with Crippen LogP contribution in [0.2, 0.25) is 5.02 Å². The highest BCUT2D eigenvalue weighted by atomic mass is 35.5. The molecule has 1 aromatic carbocycles. The highest BCUT2D eigenvalue weighted by molar-refractivity contribution is 6.33. The SMILES string of the molecule is CC(C)NCc1ncc(-c2c(Cl)cccc2[N+](=O)[O-])o1. The first kappa shape index (κ1) is 14.5. The van der Waals surface area contributed by atoms with Gasteiger partial charge in [-0.2, -0.15) is 0 Å². The molecule has 0 bridgehead atoms. The molecule has 2 aromatic rings. The van der Waals surface area contributed by atoms with Crippen molar-refractivity contribution >= 4 is 17.3 Å². The van der Waals surface area contributed by atoms with Crippen LogP contribution in [0.25, 0.3) is 11.3 Å². The Morgan fingerprint density at radius 1 is 1.50 bits per heavy atom. The summed E-state index contributed by atoms with van der Waals surface area (Å²) in [6.07, 6.45) is 1.45. The molecule has 106 valence electrons. The number of halogens is 1. The van der Waals surface area contributed by atoms with Gasteiger partial charge in [-0.05, 0) is 6.07 Å². The predicted octanol–water partition coefficient (Wildman–Crippen LogP) is 3.40. The van der Waals surface area contributed by atoms with Crippen LogP contribution in [0.4, 0.5) is 5.69 Å². The Labute approximate surface area is 120 Å². The van der Waals surface area contributed by atoms with Gasteiger partial charge in [0.25, 0.3) is 5.69 Å². The number of benzene rings is 1. The van der Waals surface area contributed by atoms with Crippen LogP contribution in [0.5, 0.6) is 0 Å². The van der Waals surface area contributed by atoms with Crippen molar-refractivity contribution in [3.63, 3.8) is 0 Å². The van der Waals surface area contributed by atoms with Crippen molar-refractivity contribution in [3.05, 3.63) is 45.4 Å². The van der Waals surface area contributed by atoms with Crippen LogP contribution in [0.1, 0.15) is 19.7 Å². The molecule has 2 rings (SSSR count). The van der Waals surface area contributed by atoms with Crippen molar-refractivity contribution in [3.8, 4) is 11.3 Å². The molecule has 1 heterocycles. The fraction of sp³-hybridized carbons (Fsp3) is 0.308. The predicted molar refractivity (Wildman–Crippen MR) is 75.6 cm³/mol. The minimum absolute atomic E-state index is 0.1000. The van der Waals surface area contributed by atoms with E-state index in [4.69, 9.17) is 16.0 Å². The van der Waals surface area contributed by atoms with Crippen molar-refractivity contribution in [2.75, 3.05) is 0 Å². The van der Waals surface area contributed by atoms with Gasteiger partial charge in [-0.3, -0.25) is 10.1 Å². The monoisotopic (exact) mass is 295 g/mol. The zero-order valence-corrected chi connectivity index (χ0v) is 11.8. The molecule has 7 heteroatoms. The van der Waals surface area contributed by atoms with E-state index in [0.717, 1.165) is 0 Å². The third-order valence-electron chi connectivity index (χ3n) is 2.65. The number of hydrogen-bond donors (Lipinski definition) is 1. The maximum atomic E-state index is 11.0. The Hall–Kier alpha value is -1.92. The van der Waals surface area contributed by atoms with Gasteiger partial charge in [0.15, 0.2) is 5.76 Å². The van der Waals surface area contributed by atoms with E-state index >= 15 is 0 Å². The molecule has 20 heavy (non-hydrogen) atoms. The second-order valence-corrected chi connectivity index (χ2v) is 4.95. The van der Waals surface area contributed by atoms with Gasteiger partial charge in [-0.15, -0.1) is 0 Å². The standard InChI is InChI=1S/C13H14ClN3O3/c1-8(2)15-7-12-16-6-11(20-12)13-9(14)4-3-5-10(13)17(18)19/h3-6,8,15H,7H2,1-2H3. The number of nitrogens with one attached hydrogen (secondary N) is 1. The number of nitro groups is 1. The lowest BCUT2D eigenvalue weighted by Crippen LogP contribution is -2.21. The number of rotatable bonds is 5. The Bertz CT molecular complexity index is 625. The topological polar surface area (TPSA) is 81.2 Å². The van der Waals surface area contributed by atoms with E-state index in [9.17, 15) is 10.1 Å². The molecule has 0 spiro atoms. The van der Waals surface area contributed by atoms with Gasteiger partial charge in [-0.1, -0.05) is 31.5 Å². The minimum Gasteiger partial charge on any atom is -0.439 e. The number of hydrogen-bond acceptors (Lipinski definition) is 5. The second kappa shape index (κ2) is 6.02. The summed E-state index contributed by atoms with van der Waals surface area (Å²) in [5, 5.41) is 14.5. The summed E-state index contributed by atoms with van der Waals surface area (Å²) in [7, 11) is 0. The molecular weight excluding hydrogens is 282 g/mol. The lowest BCUT2D eigenvalue weighted by atomic mass is 10.1. The zero-order valence-electron chi connectivity index (χ0n) is 11.1. The minimum atomic E-state index is -0.490. The number of aromatic nitrogens is 1. The van der Waals surface area contributed by atoms with E-state index in [1.54, 1.807) is 6.07 Å². The molecule has 0 aliphatic rings. The van der Waals surface area contributed by atoms with Gasteiger partial charge in [0.1, 0.15) is 5.56 Å². The molecule has 0 saturated heterocycles. The van der Waals surface area contributed by atoms with Crippen LogP contribution in [-0.4, -0.2) is 15.9 Å². The van der Waals surface area contributed by atoms with Crippen LogP contribution in [0.15, 0.2) is 28.8 Å². The summed E-state index contributed by atoms with van der Waals surface area (Å²) >= 11 is 6.04. The molecule has 1 N–H and O–H groups in total. The quantitative estimate of drug-likeness (QED) is 0.675. The number of oxazole rings is 1. The molecule has 0 atom stereocenters. The maximum absolute atomic E-state index is 11.0. The molecular formula is C13H14ClN3O3. The highest BCUT2D eigenvalue weighted by Crippen LogP contribution is 2.36. The van der Waals surface area contributed by atoms with Crippen LogP contribution in [-0.2, 0) is 6.54 Å². The van der Waals surface area contributed by atoms with Gasteiger partial charge in [-0.25, -0.2) is 4.98 Å². The number of nitro benzene ring substituents is 1. The molecule has 0 fully saturated rings. The summed E-state index contributed by atoms with van der Waals surface area (Å²) in [6.45, 7) is 4.46. The molecule has 0 unspecified atom stereocenters. The van der Waals surface area contributed by atoms with Crippen molar-refractivity contribution in [1.29, 1.82) is 0 Å². The fourth-order valence-corrected chi connectivity index (χ4v) is 1.97. The maximum Gasteiger partial charge on any atom is 0.281 e. The fourth-order valence-electron chi connectivity index (χ4n) is 1.71.